The van der Waals surface area contributed by atoms with Crippen molar-refractivity contribution in [1.29, 1.82) is 0 Å². The lowest BCUT2D eigenvalue weighted by molar-refractivity contribution is -0.147. The van der Waals surface area contributed by atoms with Gasteiger partial charge in [-0.15, -0.1) is 0 Å². The molecule has 1 aromatic heterocycles. The number of nitrogens with one attached hydrogen (secondary N) is 2. The number of carbonyl (C=O) groups excluding carboxylic acids is 2. The summed E-state index contributed by atoms with van der Waals surface area (Å²) in [4.78, 5) is 27.2. The summed E-state index contributed by atoms with van der Waals surface area (Å²) in [5, 5.41) is 3.91. The Hall–Kier alpha value is -3.48. The molecule has 0 saturated carbocycles. The van der Waals surface area contributed by atoms with Crippen LogP contribution in [0.2, 0.25) is 0 Å². The summed E-state index contributed by atoms with van der Waals surface area (Å²) in [5.74, 6) is 0.332. The van der Waals surface area contributed by atoms with Gasteiger partial charge in [-0.1, -0.05) is 24.3 Å². The average Bonchev–Trinajstić information content (AvgIpc) is 3.15. The van der Waals surface area contributed by atoms with E-state index in [2.05, 4.69) is 10.3 Å². The lowest BCUT2D eigenvalue weighted by Crippen LogP contribution is -2.30. The van der Waals surface area contributed by atoms with E-state index in [4.69, 9.17) is 14.2 Å². The third-order valence-electron chi connectivity index (χ3n) is 4.58. The molecule has 0 spiro atoms. The van der Waals surface area contributed by atoms with Gasteiger partial charge >= 0.3 is 5.97 Å². The lowest BCUT2D eigenvalue weighted by atomic mass is 10.1. The number of hydrogen-bond donors (Lipinski definition) is 2. The van der Waals surface area contributed by atoms with Crippen molar-refractivity contribution in [3.63, 3.8) is 0 Å². The smallest absolute Gasteiger partial charge is 0.310 e. The van der Waals surface area contributed by atoms with Crippen LogP contribution in [0.15, 0.2) is 48.7 Å². The maximum atomic E-state index is 12.1. The average molecular weight is 396 g/mol. The number of benzene rings is 2. The number of ether oxygens (including phenoxy) is 3. The van der Waals surface area contributed by atoms with Gasteiger partial charge in [0.2, 0.25) is 0 Å². The SMILES string of the molecule is COc1ccc(CC(=O)OCC(=O)NCCc2c[nH]c3ccccc23)c(OC)c1. The molecule has 1 amide bonds. The van der Waals surface area contributed by atoms with Crippen molar-refractivity contribution in [2.24, 2.45) is 0 Å². The minimum Gasteiger partial charge on any atom is -0.497 e. The Morgan fingerprint density at radius 1 is 1.03 bits per heavy atom. The second-order valence-electron chi connectivity index (χ2n) is 6.47. The van der Waals surface area contributed by atoms with Crippen molar-refractivity contribution in [2.45, 2.75) is 12.8 Å². The number of carbonyl (C=O) groups is 2. The zero-order valence-corrected chi connectivity index (χ0v) is 16.5. The molecule has 29 heavy (non-hydrogen) atoms. The summed E-state index contributed by atoms with van der Waals surface area (Å²) in [6.07, 6.45) is 2.64. The minimum atomic E-state index is -0.500. The van der Waals surface area contributed by atoms with E-state index in [1.165, 1.54) is 7.11 Å². The highest BCUT2D eigenvalue weighted by Gasteiger charge is 2.13. The fourth-order valence-electron chi connectivity index (χ4n) is 3.08. The molecule has 0 aliphatic heterocycles. The number of amides is 1. The number of rotatable bonds is 9. The molecule has 0 atom stereocenters. The van der Waals surface area contributed by atoms with E-state index in [1.807, 2.05) is 30.5 Å². The molecule has 0 aliphatic carbocycles. The third-order valence-corrected chi connectivity index (χ3v) is 4.58. The van der Waals surface area contributed by atoms with E-state index in [1.54, 1.807) is 25.3 Å². The highest BCUT2D eigenvalue weighted by molar-refractivity contribution is 5.83. The van der Waals surface area contributed by atoms with Crippen molar-refractivity contribution in [2.75, 3.05) is 27.4 Å². The van der Waals surface area contributed by atoms with Gasteiger partial charge in [-0.05, 0) is 24.1 Å². The Morgan fingerprint density at radius 2 is 1.86 bits per heavy atom. The molecular formula is C22H24N2O5. The summed E-state index contributed by atoms with van der Waals surface area (Å²) in [5.41, 5.74) is 2.86. The number of aromatic amines is 1. The molecule has 0 bridgehead atoms. The monoisotopic (exact) mass is 396 g/mol. The predicted octanol–water partition coefficient (Wildman–Crippen LogP) is 2.63. The Kier molecular flexibility index (Phi) is 6.73. The summed E-state index contributed by atoms with van der Waals surface area (Å²) >= 11 is 0. The predicted molar refractivity (Wildman–Crippen MR) is 109 cm³/mol. The maximum absolute atomic E-state index is 12.1. The molecule has 152 valence electrons. The van der Waals surface area contributed by atoms with Gasteiger partial charge in [0.1, 0.15) is 11.5 Å². The summed E-state index contributed by atoms with van der Waals surface area (Å²) < 4.78 is 15.5. The van der Waals surface area contributed by atoms with Gasteiger partial charge in [0, 0.05) is 35.3 Å². The Balaban J connectivity index is 1.43. The molecular weight excluding hydrogens is 372 g/mol. The van der Waals surface area contributed by atoms with Crippen LogP contribution >= 0.6 is 0 Å². The standard InChI is InChI=1S/C22H24N2O5/c1-27-17-8-7-15(20(12-17)28-2)11-22(26)29-14-21(25)23-10-9-16-13-24-19-6-4-3-5-18(16)19/h3-8,12-13,24H,9-11,14H2,1-2H3,(H,23,25). The molecule has 3 rings (SSSR count). The van der Waals surface area contributed by atoms with E-state index in [-0.39, 0.29) is 18.9 Å². The highest BCUT2D eigenvalue weighted by atomic mass is 16.5. The van der Waals surface area contributed by atoms with Crippen LogP contribution in [0.3, 0.4) is 0 Å². The summed E-state index contributed by atoms with van der Waals surface area (Å²) in [6.45, 7) is 0.149. The molecule has 0 unspecified atom stereocenters. The van der Waals surface area contributed by atoms with Gasteiger partial charge < -0.3 is 24.5 Å². The Morgan fingerprint density at radius 3 is 2.66 bits per heavy atom. The molecule has 7 heteroatoms. The van der Waals surface area contributed by atoms with Crippen LogP contribution in [0.25, 0.3) is 10.9 Å². The van der Waals surface area contributed by atoms with E-state index in [0.717, 1.165) is 16.5 Å². The molecule has 0 radical (unpaired) electrons. The van der Waals surface area contributed by atoms with Gasteiger partial charge in [0.25, 0.3) is 5.91 Å². The van der Waals surface area contributed by atoms with Gasteiger partial charge in [0.15, 0.2) is 6.61 Å². The van der Waals surface area contributed by atoms with Gasteiger partial charge in [-0.3, -0.25) is 9.59 Å². The highest BCUT2D eigenvalue weighted by Crippen LogP contribution is 2.25. The second kappa shape index (κ2) is 9.64. The first-order valence-electron chi connectivity index (χ1n) is 9.29. The van der Waals surface area contributed by atoms with Gasteiger partial charge in [0.05, 0.1) is 20.6 Å². The van der Waals surface area contributed by atoms with Crippen LogP contribution < -0.4 is 14.8 Å². The van der Waals surface area contributed by atoms with Crippen LogP contribution in [0.5, 0.6) is 11.5 Å². The zero-order chi connectivity index (χ0) is 20.6. The van der Waals surface area contributed by atoms with Crippen molar-refractivity contribution < 1.29 is 23.8 Å². The van der Waals surface area contributed by atoms with Crippen LogP contribution in [0.1, 0.15) is 11.1 Å². The van der Waals surface area contributed by atoms with Crippen molar-refractivity contribution >= 4 is 22.8 Å². The number of fused-ring (bicyclic) bond motifs is 1. The Bertz CT molecular complexity index is 996. The fourth-order valence-corrected chi connectivity index (χ4v) is 3.08. The normalized spacial score (nSPS) is 10.6. The summed E-state index contributed by atoms with van der Waals surface area (Å²) in [6, 6.07) is 13.2. The number of esters is 1. The van der Waals surface area contributed by atoms with Gasteiger partial charge in [-0.25, -0.2) is 0 Å². The van der Waals surface area contributed by atoms with Crippen molar-refractivity contribution in [3.05, 3.63) is 59.8 Å². The first kappa shape index (κ1) is 20.3. The van der Waals surface area contributed by atoms with Gasteiger partial charge in [-0.2, -0.15) is 0 Å². The molecule has 0 aliphatic rings. The van der Waals surface area contributed by atoms with Crippen LogP contribution in [-0.2, 0) is 27.2 Å². The number of hydrogen-bond acceptors (Lipinski definition) is 5. The molecule has 2 aromatic carbocycles. The van der Waals surface area contributed by atoms with Crippen molar-refractivity contribution in [3.8, 4) is 11.5 Å². The molecule has 0 fully saturated rings. The molecule has 2 N–H and O–H groups in total. The van der Waals surface area contributed by atoms with Crippen LogP contribution in [0, 0.1) is 0 Å². The molecule has 7 nitrogen and oxygen atoms in total. The third kappa shape index (κ3) is 5.28. The molecule has 3 aromatic rings. The van der Waals surface area contributed by atoms with E-state index in [0.29, 0.717) is 30.0 Å². The maximum Gasteiger partial charge on any atom is 0.310 e. The topological polar surface area (TPSA) is 89.6 Å². The van der Waals surface area contributed by atoms with Crippen molar-refractivity contribution in [1.82, 2.24) is 10.3 Å². The first-order chi connectivity index (χ1) is 14.1. The molecule has 0 saturated heterocycles. The lowest BCUT2D eigenvalue weighted by Gasteiger charge is -2.10. The number of H-pyrrole nitrogens is 1. The Labute approximate surface area is 169 Å². The van der Waals surface area contributed by atoms with E-state index >= 15 is 0 Å². The fraction of sp³-hybridized carbons (Fsp3) is 0.273. The molecule has 1 heterocycles. The quantitative estimate of drug-likeness (QED) is 0.543. The summed E-state index contributed by atoms with van der Waals surface area (Å²) in [7, 11) is 3.07. The minimum absolute atomic E-state index is 0.00971. The van der Waals surface area contributed by atoms with Crippen LogP contribution in [0.4, 0.5) is 0 Å². The number of methoxy groups -OCH3 is 2. The zero-order valence-electron chi connectivity index (χ0n) is 16.5. The number of para-hydroxylation sites is 1. The number of aromatic nitrogens is 1. The van der Waals surface area contributed by atoms with Crippen LogP contribution in [-0.4, -0.2) is 44.2 Å². The largest absolute Gasteiger partial charge is 0.497 e. The van der Waals surface area contributed by atoms with E-state index in [9.17, 15) is 9.59 Å². The van der Waals surface area contributed by atoms with E-state index < -0.39 is 5.97 Å². The first-order valence-corrected chi connectivity index (χ1v) is 9.29. The second-order valence-corrected chi connectivity index (χ2v) is 6.47.